The molecule has 0 saturated carbocycles. The summed E-state index contributed by atoms with van der Waals surface area (Å²) in [6.45, 7) is 14.2. The molecule has 0 saturated heterocycles. The van der Waals surface area contributed by atoms with E-state index in [2.05, 4.69) is 38.1 Å². The fourth-order valence-corrected chi connectivity index (χ4v) is 4.20. The predicted molar refractivity (Wildman–Crippen MR) is 129 cm³/mol. The van der Waals surface area contributed by atoms with Crippen LogP contribution < -0.4 is 10.2 Å². The number of rotatable bonds is 3. The van der Waals surface area contributed by atoms with Crippen molar-refractivity contribution in [2.45, 2.75) is 60.5 Å². The van der Waals surface area contributed by atoms with Crippen LogP contribution in [0.5, 0.6) is 5.75 Å². The molecule has 3 heteroatoms. The van der Waals surface area contributed by atoms with Crippen molar-refractivity contribution in [2.24, 2.45) is 0 Å². The molecule has 0 aliphatic carbocycles. The second kappa shape index (κ2) is 7.56. The molecule has 1 aliphatic heterocycles. The van der Waals surface area contributed by atoms with Crippen LogP contribution in [0.1, 0.15) is 55.5 Å². The molecule has 2 aromatic carbocycles. The summed E-state index contributed by atoms with van der Waals surface area (Å²) >= 11 is 0. The van der Waals surface area contributed by atoms with E-state index in [0.717, 1.165) is 28.0 Å². The molecule has 160 valence electrons. The van der Waals surface area contributed by atoms with Gasteiger partial charge in [0, 0.05) is 11.1 Å². The van der Waals surface area contributed by atoms with Gasteiger partial charge in [0.1, 0.15) is 22.7 Å². The van der Waals surface area contributed by atoms with Crippen molar-refractivity contribution in [1.29, 1.82) is 0 Å². The van der Waals surface area contributed by atoms with E-state index in [1.165, 1.54) is 11.1 Å². The van der Waals surface area contributed by atoms with Gasteiger partial charge in [-0.15, -0.1) is 0 Å². The summed E-state index contributed by atoms with van der Waals surface area (Å²) in [7, 11) is 0. The number of aryl methyl sites for hydroxylation is 3. The van der Waals surface area contributed by atoms with Crippen molar-refractivity contribution >= 4 is 17.0 Å². The van der Waals surface area contributed by atoms with Crippen LogP contribution in [0.3, 0.4) is 0 Å². The average molecular weight is 415 g/mol. The summed E-state index contributed by atoms with van der Waals surface area (Å²) in [6.07, 6.45) is 6.66. The molecule has 0 radical (unpaired) electrons. The van der Waals surface area contributed by atoms with Gasteiger partial charge in [-0.2, -0.15) is 0 Å². The van der Waals surface area contributed by atoms with Gasteiger partial charge in [-0.1, -0.05) is 35.4 Å². The fourth-order valence-electron chi connectivity index (χ4n) is 4.20. The quantitative estimate of drug-likeness (QED) is 0.430. The van der Waals surface area contributed by atoms with Crippen LogP contribution in [0.2, 0.25) is 0 Å². The van der Waals surface area contributed by atoms with Crippen molar-refractivity contribution in [2.75, 3.05) is 0 Å². The van der Waals surface area contributed by atoms with Gasteiger partial charge in [0.15, 0.2) is 5.43 Å². The Morgan fingerprint density at radius 2 is 1.81 bits per heavy atom. The maximum Gasteiger partial charge on any atom is 0.197 e. The summed E-state index contributed by atoms with van der Waals surface area (Å²) < 4.78 is 12.8. The lowest BCUT2D eigenvalue weighted by atomic mass is 9.94. The first kappa shape index (κ1) is 21.2. The molecule has 31 heavy (non-hydrogen) atoms. The molecule has 0 amide bonds. The molecule has 0 atom stereocenters. The zero-order valence-corrected chi connectivity index (χ0v) is 19.5. The standard InChI is InChI=1S/C28H30O3/c1-16(2)8-10-22-25(29)24-19(5)15-23-21(12-13-28(6,7)31-23)27(24)30-26(22)20-11-9-17(3)14-18(20)4/h8-9,11-15H,10H2,1-7H3. The summed E-state index contributed by atoms with van der Waals surface area (Å²) in [5.41, 5.74) is 7.05. The van der Waals surface area contributed by atoms with Gasteiger partial charge in [0.05, 0.1) is 10.9 Å². The Balaban J connectivity index is 2.10. The molecule has 0 unspecified atom stereocenters. The van der Waals surface area contributed by atoms with Crippen molar-refractivity contribution in [3.63, 3.8) is 0 Å². The van der Waals surface area contributed by atoms with Crippen LogP contribution >= 0.6 is 0 Å². The first-order chi connectivity index (χ1) is 14.6. The predicted octanol–water partition coefficient (Wildman–Crippen LogP) is 7.08. The highest BCUT2D eigenvalue weighted by Gasteiger charge is 2.27. The molecule has 3 nitrogen and oxygen atoms in total. The summed E-state index contributed by atoms with van der Waals surface area (Å²) in [5, 5.41) is 0.636. The molecule has 0 spiro atoms. The molecule has 1 aromatic heterocycles. The Morgan fingerprint density at radius 1 is 1.06 bits per heavy atom. The molecule has 4 rings (SSSR count). The fraction of sp³-hybridized carbons (Fsp3) is 0.321. The minimum atomic E-state index is -0.396. The molecule has 0 N–H and O–H groups in total. The van der Waals surface area contributed by atoms with Crippen LogP contribution in [0.15, 0.2) is 51.2 Å². The normalized spacial score (nSPS) is 14.3. The Labute approximate surface area is 184 Å². The number of ether oxygens (including phenoxy) is 1. The van der Waals surface area contributed by atoms with E-state index < -0.39 is 5.60 Å². The third-order valence-electron chi connectivity index (χ3n) is 5.82. The Morgan fingerprint density at radius 3 is 2.48 bits per heavy atom. The van der Waals surface area contributed by atoms with E-state index in [1.54, 1.807) is 0 Å². The largest absolute Gasteiger partial charge is 0.483 e. The van der Waals surface area contributed by atoms with Crippen molar-refractivity contribution in [1.82, 2.24) is 0 Å². The minimum absolute atomic E-state index is 0.0345. The molecule has 0 bridgehead atoms. The van der Waals surface area contributed by atoms with Crippen LogP contribution in [0.25, 0.3) is 28.4 Å². The van der Waals surface area contributed by atoms with Crippen LogP contribution in [-0.2, 0) is 6.42 Å². The zero-order chi connectivity index (χ0) is 22.5. The first-order valence-corrected chi connectivity index (χ1v) is 10.8. The highest BCUT2D eigenvalue weighted by Crippen LogP contribution is 2.39. The number of hydrogen-bond acceptors (Lipinski definition) is 3. The Hall–Kier alpha value is -3.07. The SMILES string of the molecule is CC(C)=CCc1c(-c2ccc(C)cc2C)oc2c3c(cc(C)c2c1=O)OC(C)(C)C=C3. The monoisotopic (exact) mass is 414 g/mol. The highest BCUT2D eigenvalue weighted by molar-refractivity contribution is 5.93. The molecular weight excluding hydrogens is 384 g/mol. The van der Waals surface area contributed by atoms with E-state index in [4.69, 9.17) is 9.15 Å². The van der Waals surface area contributed by atoms with Crippen molar-refractivity contribution in [3.8, 4) is 17.1 Å². The van der Waals surface area contributed by atoms with Crippen molar-refractivity contribution in [3.05, 3.63) is 80.0 Å². The van der Waals surface area contributed by atoms with Crippen LogP contribution in [0, 0.1) is 20.8 Å². The minimum Gasteiger partial charge on any atom is -0.483 e. The number of fused-ring (bicyclic) bond motifs is 3. The zero-order valence-electron chi connectivity index (χ0n) is 19.5. The van der Waals surface area contributed by atoms with E-state index in [9.17, 15) is 4.79 Å². The molecular formula is C28H30O3. The molecule has 2 heterocycles. The van der Waals surface area contributed by atoms with Gasteiger partial charge >= 0.3 is 0 Å². The maximum absolute atomic E-state index is 13.8. The molecule has 0 fully saturated rings. The summed E-state index contributed by atoms with van der Waals surface area (Å²) in [6, 6.07) is 8.20. The maximum atomic E-state index is 13.8. The van der Waals surface area contributed by atoms with Crippen LogP contribution in [0.4, 0.5) is 0 Å². The molecule has 1 aliphatic rings. The summed E-state index contributed by atoms with van der Waals surface area (Å²) in [4.78, 5) is 13.8. The number of hydrogen-bond donors (Lipinski definition) is 0. The third kappa shape index (κ3) is 3.85. The third-order valence-corrected chi connectivity index (χ3v) is 5.82. The van der Waals surface area contributed by atoms with Gasteiger partial charge in [-0.05, 0) is 84.2 Å². The second-order valence-electron chi connectivity index (χ2n) is 9.39. The van der Waals surface area contributed by atoms with Gasteiger partial charge in [-0.25, -0.2) is 0 Å². The van der Waals surface area contributed by atoms with E-state index in [-0.39, 0.29) is 5.43 Å². The van der Waals surface area contributed by atoms with Gasteiger partial charge < -0.3 is 9.15 Å². The highest BCUT2D eigenvalue weighted by atomic mass is 16.5. The lowest BCUT2D eigenvalue weighted by Crippen LogP contribution is -2.27. The molecule has 3 aromatic rings. The lowest BCUT2D eigenvalue weighted by molar-refractivity contribution is 0.159. The topological polar surface area (TPSA) is 39.4 Å². The van der Waals surface area contributed by atoms with Crippen LogP contribution in [-0.4, -0.2) is 5.60 Å². The van der Waals surface area contributed by atoms with E-state index >= 15 is 0 Å². The average Bonchev–Trinajstić information content (AvgIpc) is 2.65. The Kier molecular flexibility index (Phi) is 5.17. The Bertz CT molecular complexity index is 1310. The smallest absolute Gasteiger partial charge is 0.197 e. The van der Waals surface area contributed by atoms with Crippen molar-refractivity contribution < 1.29 is 9.15 Å². The lowest BCUT2D eigenvalue weighted by Gasteiger charge is -2.28. The summed E-state index contributed by atoms with van der Waals surface area (Å²) in [5.74, 6) is 1.41. The van der Waals surface area contributed by atoms with E-state index in [0.29, 0.717) is 28.7 Å². The van der Waals surface area contributed by atoms with E-state index in [1.807, 2.05) is 52.8 Å². The number of allylic oxidation sites excluding steroid dienone is 2. The van der Waals surface area contributed by atoms with Gasteiger partial charge in [-0.3, -0.25) is 4.79 Å². The van der Waals surface area contributed by atoms with Gasteiger partial charge in [0.2, 0.25) is 0 Å². The first-order valence-electron chi connectivity index (χ1n) is 10.8. The van der Waals surface area contributed by atoms with Gasteiger partial charge in [0.25, 0.3) is 0 Å². The second-order valence-corrected chi connectivity index (χ2v) is 9.39. The number of benzene rings is 2.